The van der Waals surface area contributed by atoms with Crippen LogP contribution in [0.25, 0.3) is 0 Å². The number of hydrogen-bond acceptors (Lipinski definition) is 8. The summed E-state index contributed by atoms with van der Waals surface area (Å²) in [5.74, 6) is 1.03. The lowest BCUT2D eigenvalue weighted by Gasteiger charge is -2.44. The summed E-state index contributed by atoms with van der Waals surface area (Å²) in [5, 5.41) is 0. The number of ether oxygens (including phenoxy) is 5. The van der Waals surface area contributed by atoms with Crippen LogP contribution in [0.2, 0.25) is 0 Å². The van der Waals surface area contributed by atoms with Crippen molar-refractivity contribution in [2.75, 3.05) is 60.2 Å². The van der Waals surface area contributed by atoms with Gasteiger partial charge in [0.2, 0.25) is 0 Å². The van der Waals surface area contributed by atoms with Gasteiger partial charge in [0.05, 0.1) is 26.4 Å². The molecule has 2 atom stereocenters. The molecule has 0 aliphatic carbocycles. The Kier molecular flexibility index (Phi) is 16.4. The van der Waals surface area contributed by atoms with E-state index in [0.29, 0.717) is 68.7 Å². The Bertz CT molecular complexity index is 1380. The second-order valence-corrected chi connectivity index (χ2v) is 15.0. The van der Waals surface area contributed by atoms with Gasteiger partial charge in [0.25, 0.3) is 5.91 Å². The average molecular weight is 712 g/mol. The SMILES string of the molecule is COCCCOc1cc(C(=O)N(C(C)C)C2CC(COC(=O)N(CCc3ccccc3)CCC(C)C)CN(C(=O)OC(C)(C)C)C2)ccc1OC. The molecule has 284 valence electrons. The number of hydrogen-bond donors (Lipinski definition) is 0. The lowest BCUT2D eigenvalue weighted by Crippen LogP contribution is -2.57. The minimum atomic E-state index is -0.696. The Morgan fingerprint density at radius 3 is 2.27 bits per heavy atom. The number of nitrogens with zero attached hydrogens (tertiary/aromatic N) is 3. The van der Waals surface area contributed by atoms with E-state index in [1.165, 1.54) is 0 Å². The maximum atomic E-state index is 14.3. The third-order valence-corrected chi connectivity index (χ3v) is 8.70. The first-order valence-corrected chi connectivity index (χ1v) is 18.3. The Hall–Kier alpha value is -3.99. The molecule has 3 amide bonds. The topological polar surface area (TPSA) is 107 Å². The summed E-state index contributed by atoms with van der Waals surface area (Å²) in [6.45, 7) is 16.5. The Labute approximate surface area is 305 Å². The fourth-order valence-corrected chi connectivity index (χ4v) is 6.15. The minimum Gasteiger partial charge on any atom is -0.493 e. The highest BCUT2D eigenvalue weighted by atomic mass is 16.6. The molecule has 1 fully saturated rings. The van der Waals surface area contributed by atoms with Crippen LogP contribution in [0, 0.1) is 11.8 Å². The van der Waals surface area contributed by atoms with Crippen LogP contribution < -0.4 is 9.47 Å². The van der Waals surface area contributed by atoms with Crippen molar-refractivity contribution in [2.24, 2.45) is 11.8 Å². The number of amides is 3. The molecule has 11 heteroatoms. The maximum Gasteiger partial charge on any atom is 0.410 e. The van der Waals surface area contributed by atoms with Crippen LogP contribution in [-0.2, 0) is 20.6 Å². The molecule has 0 spiro atoms. The third-order valence-electron chi connectivity index (χ3n) is 8.70. The zero-order valence-corrected chi connectivity index (χ0v) is 32.3. The van der Waals surface area contributed by atoms with Gasteiger partial charge in [0.1, 0.15) is 5.60 Å². The van der Waals surface area contributed by atoms with Gasteiger partial charge in [-0.15, -0.1) is 0 Å². The van der Waals surface area contributed by atoms with Crippen LogP contribution in [0.15, 0.2) is 48.5 Å². The van der Waals surface area contributed by atoms with Crippen LogP contribution in [0.5, 0.6) is 11.5 Å². The van der Waals surface area contributed by atoms with Crippen molar-refractivity contribution in [3.05, 3.63) is 59.7 Å². The van der Waals surface area contributed by atoms with Gasteiger partial charge in [-0.05, 0) is 83.6 Å². The number of piperidine rings is 1. The molecule has 0 saturated carbocycles. The fraction of sp³-hybridized carbons (Fsp3) is 0.625. The Morgan fingerprint density at radius 2 is 1.65 bits per heavy atom. The van der Waals surface area contributed by atoms with E-state index in [4.69, 9.17) is 23.7 Å². The first kappa shape index (κ1) is 41.4. The molecule has 2 aromatic carbocycles. The molecule has 0 N–H and O–H groups in total. The molecule has 0 radical (unpaired) electrons. The first-order valence-electron chi connectivity index (χ1n) is 18.3. The molecule has 51 heavy (non-hydrogen) atoms. The minimum absolute atomic E-state index is 0.111. The van der Waals surface area contributed by atoms with Gasteiger partial charge in [-0.1, -0.05) is 44.2 Å². The second-order valence-electron chi connectivity index (χ2n) is 15.0. The molecular formula is C40H61N3O8. The van der Waals surface area contributed by atoms with Gasteiger partial charge >= 0.3 is 12.2 Å². The standard InChI is InChI=1S/C40H61N3O8/c1-29(2)18-20-41(21-19-31-14-11-10-12-15-31)38(45)50-28-32-24-34(27-42(26-32)39(46)51-40(5,6)7)43(30(3)4)37(44)33-16-17-35(48-9)36(25-33)49-23-13-22-47-8/h10-12,14-17,25,29-30,32,34H,13,18-24,26-28H2,1-9H3. The van der Waals surface area contributed by atoms with Crippen molar-refractivity contribution in [1.82, 2.24) is 14.7 Å². The highest BCUT2D eigenvalue weighted by Gasteiger charge is 2.39. The van der Waals surface area contributed by atoms with Gasteiger partial charge < -0.3 is 38.4 Å². The van der Waals surface area contributed by atoms with E-state index in [1.54, 1.807) is 42.2 Å². The normalized spacial score (nSPS) is 16.2. The zero-order valence-electron chi connectivity index (χ0n) is 32.3. The second kappa shape index (κ2) is 20.2. The summed E-state index contributed by atoms with van der Waals surface area (Å²) < 4.78 is 28.4. The quantitative estimate of drug-likeness (QED) is 0.157. The maximum absolute atomic E-state index is 14.3. The number of rotatable bonds is 17. The molecule has 1 aliphatic heterocycles. The van der Waals surface area contributed by atoms with E-state index in [-0.39, 0.29) is 43.2 Å². The van der Waals surface area contributed by atoms with E-state index in [1.807, 2.05) is 57.7 Å². The molecule has 1 saturated heterocycles. The number of methoxy groups -OCH3 is 2. The van der Waals surface area contributed by atoms with E-state index in [0.717, 1.165) is 18.4 Å². The third kappa shape index (κ3) is 13.6. The molecule has 0 aromatic heterocycles. The van der Waals surface area contributed by atoms with E-state index >= 15 is 0 Å². The summed E-state index contributed by atoms with van der Waals surface area (Å²) in [6, 6.07) is 14.7. The smallest absolute Gasteiger partial charge is 0.410 e. The van der Waals surface area contributed by atoms with Gasteiger partial charge in [-0.2, -0.15) is 0 Å². The molecule has 2 aromatic rings. The summed E-state index contributed by atoms with van der Waals surface area (Å²) in [7, 11) is 3.20. The van der Waals surface area contributed by atoms with Crippen molar-refractivity contribution in [2.45, 2.75) is 91.8 Å². The van der Waals surface area contributed by atoms with E-state index < -0.39 is 11.7 Å². The van der Waals surface area contributed by atoms with Crippen molar-refractivity contribution >= 4 is 18.1 Å². The molecule has 3 rings (SSSR count). The molecule has 0 bridgehead atoms. The largest absolute Gasteiger partial charge is 0.493 e. The van der Waals surface area contributed by atoms with E-state index in [9.17, 15) is 14.4 Å². The highest BCUT2D eigenvalue weighted by Crippen LogP contribution is 2.31. The molecular weight excluding hydrogens is 650 g/mol. The van der Waals surface area contributed by atoms with Crippen molar-refractivity contribution in [1.29, 1.82) is 0 Å². The summed E-state index contributed by atoms with van der Waals surface area (Å²) in [5.41, 5.74) is 0.906. The Morgan fingerprint density at radius 1 is 0.922 bits per heavy atom. The van der Waals surface area contributed by atoms with Crippen LogP contribution in [0.1, 0.15) is 83.7 Å². The number of likely N-dealkylation sites (tertiary alicyclic amines) is 1. The van der Waals surface area contributed by atoms with Crippen molar-refractivity contribution in [3.8, 4) is 11.5 Å². The van der Waals surface area contributed by atoms with Crippen molar-refractivity contribution < 1.29 is 38.1 Å². The molecule has 1 heterocycles. The van der Waals surface area contributed by atoms with Crippen molar-refractivity contribution in [3.63, 3.8) is 0 Å². The van der Waals surface area contributed by atoms with Crippen LogP contribution >= 0.6 is 0 Å². The average Bonchev–Trinajstić information content (AvgIpc) is 3.08. The monoisotopic (exact) mass is 711 g/mol. The van der Waals surface area contributed by atoms with Gasteiger partial charge in [0, 0.05) is 63.8 Å². The summed E-state index contributed by atoms with van der Waals surface area (Å²) in [4.78, 5) is 46.5. The summed E-state index contributed by atoms with van der Waals surface area (Å²) in [6.07, 6.45) is 1.99. The Balaban J connectivity index is 1.83. The van der Waals surface area contributed by atoms with E-state index in [2.05, 4.69) is 26.0 Å². The zero-order chi connectivity index (χ0) is 37.6. The lowest BCUT2D eigenvalue weighted by atomic mass is 9.92. The van der Waals surface area contributed by atoms with Crippen LogP contribution in [0.4, 0.5) is 9.59 Å². The van der Waals surface area contributed by atoms with Gasteiger partial charge in [0.15, 0.2) is 11.5 Å². The van der Waals surface area contributed by atoms with Gasteiger partial charge in [-0.25, -0.2) is 9.59 Å². The predicted molar refractivity (Wildman–Crippen MR) is 199 cm³/mol. The highest BCUT2D eigenvalue weighted by molar-refractivity contribution is 5.95. The van der Waals surface area contributed by atoms with Crippen LogP contribution in [0.3, 0.4) is 0 Å². The molecule has 1 aliphatic rings. The molecule has 2 unspecified atom stereocenters. The lowest BCUT2D eigenvalue weighted by molar-refractivity contribution is -0.00968. The molecule has 11 nitrogen and oxygen atoms in total. The number of carbonyl (C=O) groups excluding carboxylic acids is 3. The predicted octanol–water partition coefficient (Wildman–Crippen LogP) is 7.31. The summed E-state index contributed by atoms with van der Waals surface area (Å²) >= 11 is 0. The number of benzene rings is 2. The fourth-order valence-electron chi connectivity index (χ4n) is 6.15. The van der Waals surface area contributed by atoms with Gasteiger partial charge in [-0.3, -0.25) is 4.79 Å². The van der Waals surface area contributed by atoms with Crippen LogP contribution in [-0.4, -0.2) is 111 Å². The number of carbonyl (C=O) groups is 3. The first-order chi connectivity index (χ1) is 24.2.